The van der Waals surface area contributed by atoms with E-state index in [0.29, 0.717) is 19.7 Å². The Morgan fingerprint density at radius 3 is 2.38 bits per heavy atom. The second-order valence-electron chi connectivity index (χ2n) is 6.78. The Morgan fingerprint density at radius 2 is 1.73 bits per heavy atom. The number of amides is 1. The smallest absolute Gasteiger partial charge is 0.407 e. The quantitative estimate of drug-likeness (QED) is 0.864. The van der Waals surface area contributed by atoms with Crippen LogP contribution in [0.25, 0.3) is 0 Å². The lowest BCUT2D eigenvalue weighted by molar-refractivity contribution is 0.103. The molecule has 1 fully saturated rings. The highest BCUT2D eigenvalue weighted by Crippen LogP contribution is 2.14. The van der Waals surface area contributed by atoms with Crippen LogP contribution < -0.4 is 4.74 Å². The minimum atomic E-state index is -0.818. The molecule has 26 heavy (non-hydrogen) atoms. The van der Waals surface area contributed by atoms with Crippen molar-refractivity contribution in [2.75, 3.05) is 32.8 Å². The summed E-state index contributed by atoms with van der Waals surface area (Å²) in [5, 5.41) is 9.00. The van der Waals surface area contributed by atoms with E-state index in [1.807, 2.05) is 18.2 Å². The van der Waals surface area contributed by atoms with E-state index >= 15 is 0 Å². The van der Waals surface area contributed by atoms with Gasteiger partial charge in [-0.25, -0.2) is 4.79 Å². The number of rotatable bonds is 6. The van der Waals surface area contributed by atoms with Gasteiger partial charge in [0.15, 0.2) is 0 Å². The fraction of sp³-hybridized carbons (Fsp3) is 0.381. The number of carbonyl (C=O) groups is 1. The zero-order valence-electron chi connectivity index (χ0n) is 15.2. The van der Waals surface area contributed by atoms with E-state index in [0.717, 1.165) is 31.8 Å². The van der Waals surface area contributed by atoms with Crippen molar-refractivity contribution in [3.63, 3.8) is 0 Å². The van der Waals surface area contributed by atoms with Gasteiger partial charge in [0.2, 0.25) is 0 Å². The lowest BCUT2D eigenvalue weighted by Crippen LogP contribution is -2.47. The van der Waals surface area contributed by atoms with Gasteiger partial charge in [0.1, 0.15) is 5.75 Å². The molecule has 1 aliphatic rings. The Morgan fingerprint density at radius 1 is 1.04 bits per heavy atom. The molecule has 2 aromatic carbocycles. The Hall–Kier alpha value is -2.53. The predicted octanol–water partition coefficient (Wildman–Crippen LogP) is 3.41. The Kier molecular flexibility index (Phi) is 6.12. The van der Waals surface area contributed by atoms with Crippen molar-refractivity contribution in [3.8, 4) is 5.75 Å². The van der Waals surface area contributed by atoms with Crippen molar-refractivity contribution < 1.29 is 14.6 Å². The zero-order chi connectivity index (χ0) is 18.4. The van der Waals surface area contributed by atoms with E-state index in [1.54, 1.807) is 0 Å². The third-order valence-electron chi connectivity index (χ3n) is 4.72. The van der Waals surface area contributed by atoms with Crippen LogP contribution in [0.1, 0.15) is 16.7 Å². The van der Waals surface area contributed by atoms with Crippen LogP contribution in [-0.4, -0.2) is 53.8 Å². The van der Waals surface area contributed by atoms with Crippen molar-refractivity contribution in [2.45, 2.75) is 19.9 Å². The van der Waals surface area contributed by atoms with Crippen LogP contribution in [-0.2, 0) is 13.0 Å². The first-order valence-electron chi connectivity index (χ1n) is 9.08. The average Bonchev–Trinajstić information content (AvgIpc) is 2.64. The van der Waals surface area contributed by atoms with Gasteiger partial charge in [-0.1, -0.05) is 36.4 Å². The molecule has 0 spiro atoms. The van der Waals surface area contributed by atoms with Gasteiger partial charge in [-0.2, -0.15) is 0 Å². The Balaban J connectivity index is 1.43. The largest absolute Gasteiger partial charge is 0.493 e. The van der Waals surface area contributed by atoms with Crippen LogP contribution in [0.5, 0.6) is 5.75 Å². The Labute approximate surface area is 154 Å². The molecule has 1 saturated heterocycles. The standard InChI is InChI=1S/C21H26N2O3/c1-17-3-2-4-20(15-17)26-14-9-18-5-7-19(8-6-18)16-22-10-12-23(13-11-22)21(24)25/h2-8,15H,9-14,16H2,1H3,(H,24,25). The summed E-state index contributed by atoms with van der Waals surface area (Å²) in [5.41, 5.74) is 3.73. The molecular formula is C21H26N2O3. The molecule has 5 nitrogen and oxygen atoms in total. The van der Waals surface area contributed by atoms with Crippen LogP contribution >= 0.6 is 0 Å². The fourth-order valence-electron chi connectivity index (χ4n) is 3.16. The molecule has 5 heteroatoms. The predicted molar refractivity (Wildman–Crippen MR) is 102 cm³/mol. The van der Waals surface area contributed by atoms with Gasteiger partial charge >= 0.3 is 6.09 Å². The van der Waals surface area contributed by atoms with E-state index in [-0.39, 0.29) is 0 Å². The molecule has 1 amide bonds. The first-order valence-corrected chi connectivity index (χ1v) is 9.08. The molecule has 0 unspecified atom stereocenters. The number of benzene rings is 2. The van der Waals surface area contributed by atoms with E-state index in [9.17, 15) is 4.79 Å². The fourth-order valence-corrected chi connectivity index (χ4v) is 3.16. The summed E-state index contributed by atoms with van der Waals surface area (Å²) in [5.74, 6) is 0.919. The molecule has 3 rings (SSSR count). The van der Waals surface area contributed by atoms with Gasteiger partial charge in [-0.15, -0.1) is 0 Å². The summed E-state index contributed by atoms with van der Waals surface area (Å²) >= 11 is 0. The normalized spacial score (nSPS) is 15.0. The SMILES string of the molecule is Cc1cccc(OCCc2ccc(CN3CCN(C(=O)O)CC3)cc2)c1. The van der Waals surface area contributed by atoms with Crippen molar-refractivity contribution in [1.82, 2.24) is 9.80 Å². The van der Waals surface area contributed by atoms with Gasteiger partial charge in [0.25, 0.3) is 0 Å². The number of ether oxygens (including phenoxy) is 1. The van der Waals surface area contributed by atoms with E-state index in [4.69, 9.17) is 9.84 Å². The second-order valence-corrected chi connectivity index (χ2v) is 6.78. The lowest BCUT2D eigenvalue weighted by atomic mass is 10.1. The highest BCUT2D eigenvalue weighted by atomic mass is 16.5. The number of hydrogen-bond donors (Lipinski definition) is 1. The molecule has 1 heterocycles. The Bertz CT molecular complexity index is 722. The highest BCUT2D eigenvalue weighted by Gasteiger charge is 2.20. The highest BCUT2D eigenvalue weighted by molar-refractivity contribution is 5.65. The van der Waals surface area contributed by atoms with E-state index in [1.165, 1.54) is 21.6 Å². The van der Waals surface area contributed by atoms with Crippen LogP contribution in [0.4, 0.5) is 4.79 Å². The van der Waals surface area contributed by atoms with Gasteiger partial charge in [0.05, 0.1) is 6.61 Å². The minimum absolute atomic E-state index is 0.587. The maximum Gasteiger partial charge on any atom is 0.407 e. The molecular weight excluding hydrogens is 328 g/mol. The summed E-state index contributed by atoms with van der Waals surface area (Å²) in [7, 11) is 0. The maximum absolute atomic E-state index is 10.9. The first kappa shape index (κ1) is 18.3. The number of hydrogen-bond acceptors (Lipinski definition) is 3. The molecule has 0 saturated carbocycles. The molecule has 0 bridgehead atoms. The first-order chi connectivity index (χ1) is 12.6. The minimum Gasteiger partial charge on any atom is -0.493 e. The summed E-state index contributed by atoms with van der Waals surface area (Å²) in [4.78, 5) is 14.7. The van der Waals surface area contributed by atoms with Crippen molar-refractivity contribution >= 4 is 6.09 Å². The third kappa shape index (κ3) is 5.23. The van der Waals surface area contributed by atoms with Crippen LogP contribution in [0.2, 0.25) is 0 Å². The molecule has 0 aromatic heterocycles. The summed E-state index contributed by atoms with van der Waals surface area (Å²) in [6.07, 6.45) is 0.0628. The number of nitrogens with zero attached hydrogens (tertiary/aromatic N) is 2. The van der Waals surface area contributed by atoms with Gasteiger partial charge in [0, 0.05) is 39.1 Å². The van der Waals surface area contributed by atoms with Gasteiger partial charge in [-0.05, 0) is 35.7 Å². The summed E-state index contributed by atoms with van der Waals surface area (Å²) in [6.45, 7) is 6.35. The number of aryl methyl sites for hydroxylation is 1. The number of carboxylic acid groups (broad SMARTS) is 1. The molecule has 0 aliphatic carbocycles. The summed E-state index contributed by atoms with van der Waals surface area (Å²) < 4.78 is 5.81. The zero-order valence-corrected chi connectivity index (χ0v) is 15.2. The van der Waals surface area contributed by atoms with Crippen LogP contribution in [0.15, 0.2) is 48.5 Å². The lowest BCUT2D eigenvalue weighted by Gasteiger charge is -2.33. The molecule has 2 aromatic rings. The van der Waals surface area contributed by atoms with Gasteiger partial charge < -0.3 is 14.7 Å². The maximum atomic E-state index is 10.9. The molecule has 1 aliphatic heterocycles. The van der Waals surface area contributed by atoms with E-state index < -0.39 is 6.09 Å². The summed E-state index contributed by atoms with van der Waals surface area (Å²) in [6, 6.07) is 16.7. The topological polar surface area (TPSA) is 53.0 Å². The number of piperazine rings is 1. The van der Waals surface area contributed by atoms with Crippen LogP contribution in [0, 0.1) is 6.92 Å². The van der Waals surface area contributed by atoms with Crippen molar-refractivity contribution in [1.29, 1.82) is 0 Å². The van der Waals surface area contributed by atoms with E-state index in [2.05, 4.69) is 42.2 Å². The third-order valence-corrected chi connectivity index (χ3v) is 4.72. The average molecular weight is 354 g/mol. The second kappa shape index (κ2) is 8.72. The van der Waals surface area contributed by atoms with Crippen molar-refractivity contribution in [3.05, 3.63) is 65.2 Å². The molecule has 0 atom stereocenters. The molecule has 1 N–H and O–H groups in total. The van der Waals surface area contributed by atoms with Gasteiger partial charge in [-0.3, -0.25) is 4.90 Å². The molecule has 0 radical (unpaired) electrons. The van der Waals surface area contributed by atoms with Crippen LogP contribution in [0.3, 0.4) is 0 Å². The van der Waals surface area contributed by atoms with Crippen molar-refractivity contribution in [2.24, 2.45) is 0 Å². The molecule has 138 valence electrons. The monoisotopic (exact) mass is 354 g/mol.